The van der Waals surface area contributed by atoms with Crippen molar-refractivity contribution in [1.29, 1.82) is 0 Å². The maximum Gasteiger partial charge on any atom is 0.416 e. The topological polar surface area (TPSA) is 70.1 Å². The molecular formula is C17H21F3N2O4. The van der Waals surface area contributed by atoms with Gasteiger partial charge in [0.1, 0.15) is 6.54 Å². The Labute approximate surface area is 149 Å². The number of carbonyl (C=O) groups excluding carboxylic acids is 2. The van der Waals surface area contributed by atoms with E-state index in [1.807, 2.05) is 0 Å². The molecule has 0 fully saturated rings. The maximum absolute atomic E-state index is 12.7. The largest absolute Gasteiger partial charge is 0.465 e. The number of hydrogen-bond acceptors (Lipinski definition) is 5. The van der Waals surface area contributed by atoms with Crippen molar-refractivity contribution in [2.45, 2.75) is 32.2 Å². The summed E-state index contributed by atoms with van der Waals surface area (Å²) in [5.74, 6) is -0.901. The van der Waals surface area contributed by atoms with Crippen LogP contribution >= 0.6 is 0 Å². The van der Waals surface area contributed by atoms with Gasteiger partial charge in [0.25, 0.3) is 0 Å². The number of esters is 1. The minimum Gasteiger partial charge on any atom is -0.465 e. The van der Waals surface area contributed by atoms with Gasteiger partial charge >= 0.3 is 12.1 Å². The second-order valence-electron chi connectivity index (χ2n) is 5.94. The molecule has 1 amide bonds. The highest BCUT2D eigenvalue weighted by Crippen LogP contribution is 2.28. The number of aliphatic hydroxyl groups is 1. The van der Waals surface area contributed by atoms with E-state index >= 15 is 0 Å². The van der Waals surface area contributed by atoms with Crippen LogP contribution in [-0.2, 0) is 20.9 Å². The Bertz CT molecular complexity index is 651. The Balaban J connectivity index is 2.24. The molecule has 1 unspecified atom stereocenters. The van der Waals surface area contributed by atoms with E-state index in [2.05, 4.69) is 0 Å². The summed E-state index contributed by atoms with van der Waals surface area (Å²) in [6, 6.07) is 6.69. The van der Waals surface area contributed by atoms with E-state index in [0.717, 1.165) is 0 Å². The molecule has 1 heterocycles. The van der Waals surface area contributed by atoms with Crippen LogP contribution < -0.4 is 4.90 Å². The molecule has 0 aromatic heterocycles. The summed E-state index contributed by atoms with van der Waals surface area (Å²) < 4.78 is 43.0. The van der Waals surface area contributed by atoms with Gasteiger partial charge in [0.05, 0.1) is 13.2 Å². The minimum absolute atomic E-state index is 0.00229. The van der Waals surface area contributed by atoms with Crippen molar-refractivity contribution in [2.75, 3.05) is 31.1 Å². The van der Waals surface area contributed by atoms with Gasteiger partial charge in [-0.05, 0) is 18.6 Å². The number of fused-ring (bicyclic) bond motifs is 1. The van der Waals surface area contributed by atoms with Crippen LogP contribution in [0.2, 0.25) is 0 Å². The first-order valence-electron chi connectivity index (χ1n) is 8.23. The Morgan fingerprint density at radius 1 is 1.31 bits per heavy atom. The number of halogens is 3. The van der Waals surface area contributed by atoms with Gasteiger partial charge < -0.3 is 19.6 Å². The summed E-state index contributed by atoms with van der Waals surface area (Å²) in [6.07, 6.45) is -7.32. The molecule has 1 aromatic carbocycles. The molecule has 2 rings (SSSR count). The Hall–Kier alpha value is -2.29. The first-order chi connectivity index (χ1) is 12.2. The average molecular weight is 374 g/mol. The summed E-state index contributed by atoms with van der Waals surface area (Å²) in [5, 5.41) is 9.40. The third kappa shape index (κ3) is 5.10. The van der Waals surface area contributed by atoms with Crippen molar-refractivity contribution in [3.63, 3.8) is 0 Å². The van der Waals surface area contributed by atoms with Gasteiger partial charge in [-0.2, -0.15) is 13.2 Å². The molecule has 6 nitrogen and oxygen atoms in total. The third-order valence-corrected chi connectivity index (χ3v) is 4.04. The molecule has 1 aliphatic rings. The molecule has 0 radical (unpaired) electrons. The van der Waals surface area contributed by atoms with Crippen LogP contribution in [0, 0.1) is 0 Å². The Kier molecular flexibility index (Phi) is 6.47. The quantitative estimate of drug-likeness (QED) is 0.795. The lowest BCUT2D eigenvalue weighted by Crippen LogP contribution is -2.45. The number of ether oxygens (including phenoxy) is 1. The van der Waals surface area contributed by atoms with Crippen molar-refractivity contribution in [1.82, 2.24) is 4.90 Å². The first kappa shape index (κ1) is 20.0. The molecule has 0 bridgehead atoms. The fourth-order valence-corrected chi connectivity index (χ4v) is 2.76. The van der Waals surface area contributed by atoms with Crippen LogP contribution in [0.25, 0.3) is 0 Å². The summed E-state index contributed by atoms with van der Waals surface area (Å²) in [5.41, 5.74) is 1.09. The lowest BCUT2D eigenvalue weighted by Gasteiger charge is -2.34. The third-order valence-electron chi connectivity index (χ3n) is 4.04. The van der Waals surface area contributed by atoms with E-state index in [-0.39, 0.29) is 38.6 Å². The zero-order valence-corrected chi connectivity index (χ0v) is 14.3. The molecule has 1 atom stereocenters. The molecule has 0 saturated heterocycles. The molecule has 0 saturated carbocycles. The molecule has 0 aliphatic carbocycles. The van der Waals surface area contributed by atoms with E-state index in [9.17, 15) is 27.9 Å². The second kappa shape index (κ2) is 8.39. The summed E-state index contributed by atoms with van der Waals surface area (Å²) in [4.78, 5) is 26.7. The number of carbonyl (C=O) groups is 2. The van der Waals surface area contributed by atoms with Crippen LogP contribution in [0.3, 0.4) is 0 Å². The van der Waals surface area contributed by atoms with E-state index in [0.29, 0.717) is 11.3 Å². The van der Waals surface area contributed by atoms with Gasteiger partial charge in [-0.3, -0.25) is 9.59 Å². The Morgan fingerprint density at radius 2 is 2.00 bits per heavy atom. The molecule has 1 aromatic rings. The minimum atomic E-state index is -4.74. The van der Waals surface area contributed by atoms with Gasteiger partial charge in [-0.1, -0.05) is 18.2 Å². The lowest BCUT2D eigenvalue weighted by molar-refractivity contribution is -0.200. The predicted octanol–water partition coefficient (Wildman–Crippen LogP) is 1.71. The van der Waals surface area contributed by atoms with Crippen LogP contribution in [0.5, 0.6) is 0 Å². The number of benzene rings is 1. The van der Waals surface area contributed by atoms with Crippen molar-refractivity contribution >= 4 is 17.6 Å². The molecule has 0 spiro atoms. The van der Waals surface area contributed by atoms with Gasteiger partial charge in [-0.15, -0.1) is 0 Å². The normalized spacial score (nSPS) is 16.6. The second-order valence-corrected chi connectivity index (χ2v) is 5.94. The monoisotopic (exact) mass is 374 g/mol. The lowest BCUT2D eigenvalue weighted by atomic mass is 10.1. The number of alkyl halides is 3. The standard InChI is InChI=1S/C17H21F3N2O4/c1-2-26-16(25)11-22-9-12-5-3-4-6-13(12)21(8-7-15(22)24)10-14(23)17(18,19)20/h3-6,14,23H,2,7-11H2,1H3. The van der Waals surface area contributed by atoms with Crippen LogP contribution in [0.15, 0.2) is 24.3 Å². The van der Waals surface area contributed by atoms with Crippen molar-refractivity contribution in [2.24, 2.45) is 0 Å². The number of β-amino-alcohol motifs (C(OH)–C–C–N with tert-alkyl or cyclic N) is 1. The number of nitrogens with zero attached hydrogens (tertiary/aromatic N) is 2. The highest BCUT2D eigenvalue weighted by atomic mass is 19.4. The molecule has 144 valence electrons. The van der Waals surface area contributed by atoms with Gasteiger partial charge in [0.2, 0.25) is 5.91 Å². The van der Waals surface area contributed by atoms with E-state index < -0.39 is 24.8 Å². The summed E-state index contributed by atoms with van der Waals surface area (Å²) >= 11 is 0. The van der Waals surface area contributed by atoms with E-state index in [1.165, 1.54) is 9.80 Å². The highest BCUT2D eigenvalue weighted by molar-refractivity contribution is 5.83. The summed E-state index contributed by atoms with van der Waals surface area (Å²) in [6.45, 7) is 1.06. The smallest absolute Gasteiger partial charge is 0.416 e. The van der Waals surface area contributed by atoms with Crippen molar-refractivity contribution < 1.29 is 32.6 Å². The first-order valence-corrected chi connectivity index (χ1v) is 8.23. The fraction of sp³-hybridized carbons (Fsp3) is 0.529. The van der Waals surface area contributed by atoms with Crippen LogP contribution in [0.4, 0.5) is 18.9 Å². The fourth-order valence-electron chi connectivity index (χ4n) is 2.76. The van der Waals surface area contributed by atoms with Crippen molar-refractivity contribution in [3.8, 4) is 0 Å². The van der Waals surface area contributed by atoms with Gasteiger partial charge in [-0.25, -0.2) is 0 Å². The Morgan fingerprint density at radius 3 is 2.65 bits per heavy atom. The van der Waals surface area contributed by atoms with E-state index in [4.69, 9.17) is 4.74 Å². The zero-order chi connectivity index (χ0) is 19.3. The highest BCUT2D eigenvalue weighted by Gasteiger charge is 2.40. The molecule has 9 heteroatoms. The van der Waals surface area contributed by atoms with Crippen LogP contribution in [0.1, 0.15) is 18.9 Å². The number of aliphatic hydroxyl groups excluding tert-OH is 1. The molecule has 1 N–H and O–H groups in total. The molecular weight excluding hydrogens is 353 g/mol. The zero-order valence-electron chi connectivity index (χ0n) is 14.3. The van der Waals surface area contributed by atoms with E-state index in [1.54, 1.807) is 31.2 Å². The average Bonchev–Trinajstić information content (AvgIpc) is 2.56. The summed E-state index contributed by atoms with van der Waals surface area (Å²) in [7, 11) is 0. The maximum atomic E-state index is 12.7. The number of para-hydroxylation sites is 1. The van der Waals surface area contributed by atoms with Gasteiger partial charge in [0, 0.05) is 25.2 Å². The number of amides is 1. The number of rotatable bonds is 5. The predicted molar refractivity (Wildman–Crippen MR) is 87.4 cm³/mol. The number of hydrogen-bond donors (Lipinski definition) is 1. The SMILES string of the molecule is CCOC(=O)CN1Cc2ccccc2N(CC(O)C(F)(F)F)CCC1=O. The van der Waals surface area contributed by atoms with Gasteiger partial charge in [0.15, 0.2) is 6.10 Å². The number of anilines is 1. The van der Waals surface area contributed by atoms with Crippen LogP contribution in [-0.4, -0.2) is 60.4 Å². The molecule has 1 aliphatic heterocycles. The molecule has 26 heavy (non-hydrogen) atoms. The van der Waals surface area contributed by atoms with Crippen molar-refractivity contribution in [3.05, 3.63) is 29.8 Å².